The molecule has 104 valence electrons. The molecule has 0 bridgehead atoms. The minimum Gasteiger partial charge on any atom is -0.352 e. The van der Waals surface area contributed by atoms with E-state index in [4.69, 9.17) is 4.98 Å². The molecular weight excluding hydrogens is 246 g/mol. The molecule has 0 aliphatic heterocycles. The molecule has 0 N–H and O–H groups in total. The fourth-order valence-corrected chi connectivity index (χ4v) is 2.43. The minimum absolute atomic E-state index is 0.604. The number of hydrogen-bond acceptors (Lipinski definition) is 3. The Hall–Kier alpha value is -1.90. The molecule has 1 saturated carbocycles. The predicted octanol–water partition coefficient (Wildman–Crippen LogP) is 3.69. The van der Waals surface area contributed by atoms with Gasteiger partial charge in [-0.05, 0) is 43.9 Å². The van der Waals surface area contributed by atoms with Gasteiger partial charge in [-0.15, -0.1) is 0 Å². The second kappa shape index (κ2) is 5.61. The van der Waals surface area contributed by atoms with Crippen molar-refractivity contribution in [2.75, 3.05) is 11.4 Å². The standard InChI is InChI=1S/C17H21N3/c1-3-20(12-15-7-5-4-6-13(15)2)16-10-11-18-17(19-16)14-8-9-14/h4-7,10-11,14H,3,8-9,12H2,1-2H3. The molecule has 3 heteroatoms. The smallest absolute Gasteiger partial charge is 0.133 e. The number of anilines is 1. The van der Waals surface area contributed by atoms with Gasteiger partial charge in [-0.1, -0.05) is 24.3 Å². The molecule has 20 heavy (non-hydrogen) atoms. The first-order valence-electron chi connectivity index (χ1n) is 7.40. The van der Waals surface area contributed by atoms with Gasteiger partial charge in [-0.2, -0.15) is 0 Å². The summed E-state index contributed by atoms with van der Waals surface area (Å²) >= 11 is 0. The Morgan fingerprint density at radius 3 is 2.70 bits per heavy atom. The van der Waals surface area contributed by atoms with Gasteiger partial charge in [0.15, 0.2) is 0 Å². The molecule has 0 amide bonds. The van der Waals surface area contributed by atoms with Crippen molar-refractivity contribution in [1.82, 2.24) is 9.97 Å². The lowest BCUT2D eigenvalue weighted by atomic mass is 10.1. The van der Waals surface area contributed by atoms with Crippen LogP contribution in [-0.4, -0.2) is 16.5 Å². The predicted molar refractivity (Wildman–Crippen MR) is 81.9 cm³/mol. The number of hydrogen-bond donors (Lipinski definition) is 0. The molecule has 1 aromatic carbocycles. The van der Waals surface area contributed by atoms with E-state index in [1.165, 1.54) is 24.0 Å². The highest BCUT2D eigenvalue weighted by molar-refractivity contribution is 5.40. The van der Waals surface area contributed by atoms with Gasteiger partial charge < -0.3 is 4.90 Å². The number of benzene rings is 1. The summed E-state index contributed by atoms with van der Waals surface area (Å²) in [5.41, 5.74) is 2.70. The van der Waals surface area contributed by atoms with Crippen molar-refractivity contribution < 1.29 is 0 Å². The Balaban J connectivity index is 1.82. The Bertz CT molecular complexity index is 590. The van der Waals surface area contributed by atoms with Gasteiger partial charge in [0.2, 0.25) is 0 Å². The molecule has 1 heterocycles. The van der Waals surface area contributed by atoms with Gasteiger partial charge in [-0.3, -0.25) is 0 Å². The Labute approximate surface area is 120 Å². The van der Waals surface area contributed by atoms with Crippen LogP contribution in [0.2, 0.25) is 0 Å². The van der Waals surface area contributed by atoms with Crippen LogP contribution in [0.3, 0.4) is 0 Å². The Kier molecular flexibility index (Phi) is 3.68. The van der Waals surface area contributed by atoms with Crippen molar-refractivity contribution in [3.05, 3.63) is 53.5 Å². The van der Waals surface area contributed by atoms with E-state index >= 15 is 0 Å². The van der Waals surface area contributed by atoms with E-state index < -0.39 is 0 Å². The Morgan fingerprint density at radius 2 is 2.00 bits per heavy atom. The van der Waals surface area contributed by atoms with Gasteiger partial charge in [0, 0.05) is 25.2 Å². The number of aromatic nitrogens is 2. The van der Waals surface area contributed by atoms with E-state index in [9.17, 15) is 0 Å². The van der Waals surface area contributed by atoms with E-state index in [1.54, 1.807) is 0 Å². The van der Waals surface area contributed by atoms with Crippen molar-refractivity contribution in [3.63, 3.8) is 0 Å². The second-order valence-corrected chi connectivity index (χ2v) is 5.49. The SMILES string of the molecule is CCN(Cc1ccccc1C)c1ccnc(C2CC2)n1. The highest BCUT2D eigenvalue weighted by Crippen LogP contribution is 2.38. The van der Waals surface area contributed by atoms with Crippen LogP contribution in [0.1, 0.15) is 42.6 Å². The molecular formula is C17H21N3. The summed E-state index contributed by atoms with van der Waals surface area (Å²) in [6.45, 7) is 6.20. The zero-order valence-corrected chi connectivity index (χ0v) is 12.2. The van der Waals surface area contributed by atoms with Crippen LogP contribution < -0.4 is 4.90 Å². The van der Waals surface area contributed by atoms with Gasteiger partial charge in [-0.25, -0.2) is 9.97 Å². The minimum atomic E-state index is 0.604. The average Bonchev–Trinajstić information content (AvgIpc) is 3.31. The zero-order valence-electron chi connectivity index (χ0n) is 12.2. The fraction of sp³-hybridized carbons (Fsp3) is 0.412. The topological polar surface area (TPSA) is 29.0 Å². The first-order valence-corrected chi connectivity index (χ1v) is 7.40. The van der Waals surface area contributed by atoms with Crippen LogP contribution >= 0.6 is 0 Å². The van der Waals surface area contributed by atoms with E-state index in [0.717, 1.165) is 24.7 Å². The molecule has 1 aliphatic rings. The molecule has 0 radical (unpaired) electrons. The normalized spacial score (nSPS) is 14.3. The monoisotopic (exact) mass is 267 g/mol. The van der Waals surface area contributed by atoms with Gasteiger partial charge >= 0.3 is 0 Å². The van der Waals surface area contributed by atoms with Crippen molar-refractivity contribution in [2.45, 2.75) is 39.2 Å². The lowest BCUT2D eigenvalue weighted by Gasteiger charge is -2.23. The third-order valence-corrected chi connectivity index (χ3v) is 3.93. The van der Waals surface area contributed by atoms with E-state index in [0.29, 0.717) is 5.92 Å². The average molecular weight is 267 g/mol. The third kappa shape index (κ3) is 2.82. The summed E-state index contributed by atoms with van der Waals surface area (Å²) in [7, 11) is 0. The zero-order chi connectivity index (χ0) is 13.9. The molecule has 0 unspecified atom stereocenters. The first kappa shape index (κ1) is 13.1. The largest absolute Gasteiger partial charge is 0.352 e. The molecule has 0 spiro atoms. The quantitative estimate of drug-likeness (QED) is 0.827. The second-order valence-electron chi connectivity index (χ2n) is 5.49. The maximum Gasteiger partial charge on any atom is 0.133 e. The van der Waals surface area contributed by atoms with Crippen LogP contribution in [0.5, 0.6) is 0 Å². The van der Waals surface area contributed by atoms with Crippen LogP contribution in [0.25, 0.3) is 0 Å². The maximum absolute atomic E-state index is 4.75. The molecule has 3 rings (SSSR count). The van der Waals surface area contributed by atoms with Gasteiger partial charge in [0.1, 0.15) is 11.6 Å². The summed E-state index contributed by atoms with van der Waals surface area (Å²) in [6, 6.07) is 10.6. The molecule has 0 atom stereocenters. The fourth-order valence-electron chi connectivity index (χ4n) is 2.43. The van der Waals surface area contributed by atoms with Crippen molar-refractivity contribution in [2.24, 2.45) is 0 Å². The van der Waals surface area contributed by atoms with Crippen LogP contribution in [0.4, 0.5) is 5.82 Å². The molecule has 2 aromatic rings. The van der Waals surface area contributed by atoms with Crippen LogP contribution in [-0.2, 0) is 6.54 Å². The van der Waals surface area contributed by atoms with E-state index in [2.05, 4.69) is 48.0 Å². The lowest BCUT2D eigenvalue weighted by Crippen LogP contribution is -2.24. The summed E-state index contributed by atoms with van der Waals surface area (Å²) in [4.78, 5) is 11.5. The molecule has 1 aromatic heterocycles. The van der Waals surface area contributed by atoms with Gasteiger partial charge in [0.25, 0.3) is 0 Å². The highest BCUT2D eigenvalue weighted by Gasteiger charge is 2.26. The van der Waals surface area contributed by atoms with Crippen LogP contribution in [0.15, 0.2) is 36.5 Å². The van der Waals surface area contributed by atoms with Gasteiger partial charge in [0.05, 0.1) is 0 Å². The molecule has 3 nitrogen and oxygen atoms in total. The number of rotatable bonds is 5. The Morgan fingerprint density at radius 1 is 1.20 bits per heavy atom. The maximum atomic E-state index is 4.75. The summed E-state index contributed by atoms with van der Waals surface area (Å²) < 4.78 is 0. The van der Waals surface area contributed by atoms with Crippen molar-refractivity contribution >= 4 is 5.82 Å². The number of nitrogens with zero attached hydrogens (tertiary/aromatic N) is 3. The molecule has 1 fully saturated rings. The van der Waals surface area contributed by atoms with Crippen LogP contribution in [0, 0.1) is 6.92 Å². The van der Waals surface area contributed by atoms with Crippen molar-refractivity contribution in [1.29, 1.82) is 0 Å². The van der Waals surface area contributed by atoms with E-state index in [1.807, 2.05) is 12.3 Å². The molecule has 1 aliphatic carbocycles. The van der Waals surface area contributed by atoms with E-state index in [-0.39, 0.29) is 0 Å². The third-order valence-electron chi connectivity index (χ3n) is 3.93. The molecule has 0 saturated heterocycles. The summed E-state index contributed by atoms with van der Waals surface area (Å²) in [6.07, 6.45) is 4.39. The summed E-state index contributed by atoms with van der Waals surface area (Å²) in [5.74, 6) is 2.67. The highest BCUT2D eigenvalue weighted by atomic mass is 15.2. The number of aryl methyl sites for hydroxylation is 1. The summed E-state index contributed by atoms with van der Waals surface area (Å²) in [5, 5.41) is 0. The first-order chi connectivity index (χ1) is 9.78. The van der Waals surface area contributed by atoms with Crippen molar-refractivity contribution in [3.8, 4) is 0 Å². The lowest BCUT2D eigenvalue weighted by molar-refractivity contribution is 0.791.